The Kier molecular flexibility index (Phi) is 7.17. The number of carbonyl (C=O) groups is 2. The van der Waals surface area contributed by atoms with Gasteiger partial charge >= 0.3 is 5.97 Å². The van der Waals surface area contributed by atoms with Crippen molar-refractivity contribution >= 4 is 28.8 Å². The number of aliphatic imine (C=N–C) groups is 1. The number of hydrogen-bond acceptors (Lipinski definition) is 7. The molecular formula is C26H28N4O3S. The lowest BCUT2D eigenvalue weighted by atomic mass is 9.92. The van der Waals surface area contributed by atoms with E-state index >= 15 is 0 Å². The van der Waals surface area contributed by atoms with Gasteiger partial charge in [-0.25, -0.2) is 9.79 Å². The van der Waals surface area contributed by atoms with Gasteiger partial charge in [0.15, 0.2) is 5.17 Å². The van der Waals surface area contributed by atoms with Crippen LogP contribution in [0.15, 0.2) is 76.0 Å². The van der Waals surface area contributed by atoms with Crippen LogP contribution in [-0.2, 0) is 20.9 Å². The van der Waals surface area contributed by atoms with Crippen molar-refractivity contribution in [3.8, 4) is 0 Å². The van der Waals surface area contributed by atoms with E-state index in [9.17, 15) is 9.59 Å². The van der Waals surface area contributed by atoms with Gasteiger partial charge in [0.1, 0.15) is 0 Å². The summed E-state index contributed by atoms with van der Waals surface area (Å²) in [5.74, 6) is -0.150. The Bertz CT molecular complexity index is 1170. The number of aromatic nitrogens is 1. The van der Waals surface area contributed by atoms with Gasteiger partial charge in [-0.1, -0.05) is 55.9 Å². The van der Waals surface area contributed by atoms with Gasteiger partial charge in [-0.05, 0) is 41.5 Å². The second kappa shape index (κ2) is 10.3. The van der Waals surface area contributed by atoms with Crippen LogP contribution in [0.25, 0.3) is 0 Å². The number of rotatable bonds is 7. The lowest BCUT2D eigenvalue weighted by Gasteiger charge is -2.36. The number of amides is 1. The lowest BCUT2D eigenvalue weighted by molar-refractivity contribution is -0.136. The molecule has 34 heavy (non-hydrogen) atoms. The number of nitrogens with one attached hydrogen (secondary N) is 1. The number of thioether (sulfide) groups is 1. The van der Waals surface area contributed by atoms with Crippen LogP contribution in [0.3, 0.4) is 0 Å². The smallest absolute Gasteiger partial charge is 0.338 e. The van der Waals surface area contributed by atoms with Gasteiger partial charge in [-0.15, -0.1) is 0 Å². The number of methoxy groups -OCH3 is 1. The summed E-state index contributed by atoms with van der Waals surface area (Å²) in [5, 5.41) is 5.61. The van der Waals surface area contributed by atoms with Crippen molar-refractivity contribution in [1.82, 2.24) is 15.2 Å². The molecule has 8 heteroatoms. The van der Waals surface area contributed by atoms with Crippen molar-refractivity contribution in [2.24, 2.45) is 4.99 Å². The standard InChI is InChI=1S/C26H28N4O3S/c1-16(2)18-8-10-19(11-9-18)24-23(25(32)33-4)17(3)29-26-30(24)21(15-34-26)13-22(31)28-14-20-7-5-6-12-27-20/h5-12,15-16,24H,13-14H2,1-4H3,(H,28,31)/t24-/m1/s1. The van der Waals surface area contributed by atoms with Crippen molar-refractivity contribution in [1.29, 1.82) is 0 Å². The van der Waals surface area contributed by atoms with Crippen molar-refractivity contribution < 1.29 is 14.3 Å². The van der Waals surface area contributed by atoms with Crippen molar-refractivity contribution in [2.45, 2.75) is 45.7 Å². The van der Waals surface area contributed by atoms with Crippen LogP contribution in [0.4, 0.5) is 0 Å². The van der Waals surface area contributed by atoms with E-state index < -0.39 is 12.0 Å². The summed E-state index contributed by atoms with van der Waals surface area (Å²) >= 11 is 1.46. The third-order valence-corrected chi connectivity index (χ3v) is 6.75. The Morgan fingerprint density at radius 3 is 2.59 bits per heavy atom. The minimum atomic E-state index is -0.425. The average molecular weight is 477 g/mol. The molecule has 0 aliphatic carbocycles. The number of fused-ring (bicyclic) bond motifs is 1. The highest BCUT2D eigenvalue weighted by molar-refractivity contribution is 8.16. The maximum Gasteiger partial charge on any atom is 0.338 e. The summed E-state index contributed by atoms with van der Waals surface area (Å²) in [6, 6.07) is 13.4. The number of ether oxygens (including phenoxy) is 1. The summed E-state index contributed by atoms with van der Waals surface area (Å²) in [5.41, 5.74) is 4.84. The molecule has 2 aliphatic rings. The summed E-state index contributed by atoms with van der Waals surface area (Å²) < 4.78 is 5.12. The number of nitrogens with zero attached hydrogens (tertiary/aromatic N) is 3. The van der Waals surface area contributed by atoms with Crippen LogP contribution < -0.4 is 5.32 Å². The molecule has 2 aliphatic heterocycles. The second-order valence-corrected chi connectivity index (χ2v) is 9.32. The van der Waals surface area contributed by atoms with Gasteiger partial charge in [-0.2, -0.15) is 0 Å². The molecule has 0 saturated carbocycles. The molecule has 2 aromatic rings. The third-order valence-electron chi connectivity index (χ3n) is 5.86. The van der Waals surface area contributed by atoms with Gasteiger partial charge < -0.3 is 15.0 Å². The van der Waals surface area contributed by atoms with Crippen molar-refractivity contribution in [3.05, 3.63) is 87.9 Å². The van der Waals surface area contributed by atoms with E-state index in [1.807, 2.05) is 47.6 Å². The largest absolute Gasteiger partial charge is 0.466 e. The predicted octanol–water partition coefficient (Wildman–Crippen LogP) is 4.66. The maximum atomic E-state index is 12.8. The molecular weight excluding hydrogens is 448 g/mol. The lowest BCUT2D eigenvalue weighted by Crippen LogP contribution is -2.37. The summed E-state index contributed by atoms with van der Waals surface area (Å²) in [4.78, 5) is 36.5. The van der Waals surface area contributed by atoms with Crippen LogP contribution >= 0.6 is 11.8 Å². The molecule has 1 aromatic heterocycles. The highest BCUT2D eigenvalue weighted by atomic mass is 32.2. The Labute approximate surface area is 204 Å². The number of carbonyl (C=O) groups excluding carboxylic acids is 2. The maximum absolute atomic E-state index is 12.8. The zero-order valence-electron chi connectivity index (χ0n) is 19.7. The quantitative estimate of drug-likeness (QED) is 0.585. The van der Waals surface area contributed by atoms with E-state index in [1.54, 1.807) is 6.20 Å². The van der Waals surface area contributed by atoms with Gasteiger partial charge in [0.05, 0.1) is 43.1 Å². The van der Waals surface area contributed by atoms with E-state index in [2.05, 4.69) is 41.3 Å². The van der Waals surface area contributed by atoms with Crippen LogP contribution in [0, 0.1) is 0 Å². The molecule has 0 saturated heterocycles. The van der Waals surface area contributed by atoms with Gasteiger partial charge in [-0.3, -0.25) is 9.78 Å². The Morgan fingerprint density at radius 2 is 1.94 bits per heavy atom. The average Bonchev–Trinajstić information content (AvgIpc) is 3.23. The number of pyridine rings is 1. The molecule has 1 amide bonds. The molecule has 176 valence electrons. The molecule has 0 spiro atoms. The van der Waals surface area contributed by atoms with E-state index in [0.29, 0.717) is 23.7 Å². The monoisotopic (exact) mass is 476 g/mol. The molecule has 3 heterocycles. The first-order valence-corrected chi connectivity index (χ1v) is 12.1. The van der Waals surface area contributed by atoms with E-state index in [0.717, 1.165) is 22.1 Å². The van der Waals surface area contributed by atoms with Crippen LogP contribution in [0.1, 0.15) is 56.0 Å². The molecule has 1 N–H and O–H groups in total. The first-order valence-electron chi connectivity index (χ1n) is 11.2. The minimum absolute atomic E-state index is 0.126. The first-order chi connectivity index (χ1) is 16.4. The zero-order valence-corrected chi connectivity index (χ0v) is 20.6. The number of allylic oxidation sites excluding steroid dienone is 1. The minimum Gasteiger partial charge on any atom is -0.466 e. The first kappa shape index (κ1) is 23.8. The third kappa shape index (κ3) is 4.92. The van der Waals surface area contributed by atoms with Gasteiger partial charge in [0.25, 0.3) is 0 Å². The van der Waals surface area contributed by atoms with Gasteiger partial charge in [0.2, 0.25) is 5.91 Å². The van der Waals surface area contributed by atoms with Crippen LogP contribution in [-0.4, -0.2) is 34.0 Å². The molecule has 1 atom stereocenters. The Balaban J connectivity index is 1.61. The predicted molar refractivity (Wildman–Crippen MR) is 134 cm³/mol. The normalized spacial score (nSPS) is 17.3. The summed E-state index contributed by atoms with van der Waals surface area (Å²) in [6.07, 6.45) is 1.86. The highest BCUT2D eigenvalue weighted by Gasteiger charge is 2.40. The Hall–Kier alpha value is -3.39. The fourth-order valence-electron chi connectivity index (χ4n) is 4.04. The number of amidine groups is 1. The molecule has 0 bridgehead atoms. The summed E-state index contributed by atoms with van der Waals surface area (Å²) in [6.45, 7) is 6.47. The molecule has 0 fully saturated rings. The topological polar surface area (TPSA) is 83.9 Å². The summed E-state index contributed by atoms with van der Waals surface area (Å²) in [7, 11) is 1.38. The molecule has 7 nitrogen and oxygen atoms in total. The molecule has 1 aromatic carbocycles. The number of esters is 1. The fraction of sp³-hybridized carbons (Fsp3) is 0.308. The molecule has 4 rings (SSSR count). The Morgan fingerprint density at radius 1 is 1.18 bits per heavy atom. The van der Waals surface area contributed by atoms with E-state index in [1.165, 1.54) is 24.4 Å². The highest BCUT2D eigenvalue weighted by Crippen LogP contribution is 2.44. The molecule has 0 radical (unpaired) electrons. The number of hydrogen-bond donors (Lipinski definition) is 1. The van der Waals surface area contributed by atoms with Crippen LogP contribution in [0.2, 0.25) is 0 Å². The number of benzene rings is 1. The molecule has 0 unspecified atom stereocenters. The van der Waals surface area contributed by atoms with E-state index in [-0.39, 0.29) is 12.3 Å². The van der Waals surface area contributed by atoms with Gasteiger partial charge in [0, 0.05) is 11.9 Å². The zero-order chi connectivity index (χ0) is 24.2. The van der Waals surface area contributed by atoms with Crippen LogP contribution in [0.5, 0.6) is 0 Å². The van der Waals surface area contributed by atoms with Crippen molar-refractivity contribution in [2.75, 3.05) is 7.11 Å². The fourth-order valence-corrected chi connectivity index (χ4v) is 5.00. The van der Waals surface area contributed by atoms with E-state index in [4.69, 9.17) is 4.74 Å². The SMILES string of the molecule is COC(=O)C1=C(C)N=C2SC=C(CC(=O)NCc3ccccn3)N2[C@@H]1c1ccc(C(C)C)cc1. The second-order valence-electron chi connectivity index (χ2n) is 8.48. The van der Waals surface area contributed by atoms with Crippen molar-refractivity contribution in [3.63, 3.8) is 0 Å².